The first kappa shape index (κ1) is 20.9. The van der Waals surface area contributed by atoms with Crippen LogP contribution in [0.25, 0.3) is 0 Å². The molecule has 2 N–H and O–H groups in total. The Hall–Kier alpha value is -1.42. The fourth-order valence-electron chi connectivity index (χ4n) is 2.92. The number of nitrogens with zero attached hydrogens (tertiary/aromatic N) is 4. The molecule has 9 heteroatoms. The van der Waals surface area contributed by atoms with E-state index in [1.165, 1.54) is 6.07 Å². The number of fused-ring (bicyclic) bond motifs is 1. The monoisotopic (exact) mass is 492 g/mol. The van der Waals surface area contributed by atoms with Crippen molar-refractivity contribution < 1.29 is 4.39 Å². The number of halogens is 3. The highest BCUT2D eigenvalue weighted by Crippen LogP contribution is 2.19. The summed E-state index contributed by atoms with van der Waals surface area (Å²) in [6, 6.07) is 4.97. The van der Waals surface area contributed by atoms with Gasteiger partial charge >= 0.3 is 0 Å². The molecule has 1 aliphatic rings. The van der Waals surface area contributed by atoms with Crippen LogP contribution < -0.4 is 10.6 Å². The van der Waals surface area contributed by atoms with Crippen LogP contribution in [0.2, 0.25) is 5.02 Å². The highest BCUT2D eigenvalue weighted by Gasteiger charge is 2.20. The first-order valence-electron chi connectivity index (χ1n) is 8.51. The van der Waals surface area contributed by atoms with E-state index in [9.17, 15) is 4.39 Å². The van der Waals surface area contributed by atoms with Crippen LogP contribution in [-0.4, -0.2) is 39.9 Å². The summed E-state index contributed by atoms with van der Waals surface area (Å²) in [5.41, 5.74) is 0.508. The van der Waals surface area contributed by atoms with E-state index in [0.29, 0.717) is 23.6 Å². The van der Waals surface area contributed by atoms with Crippen molar-refractivity contribution in [2.75, 3.05) is 13.1 Å². The van der Waals surface area contributed by atoms with Gasteiger partial charge < -0.3 is 10.6 Å². The minimum atomic E-state index is -0.286. The Morgan fingerprint density at radius 2 is 2.31 bits per heavy atom. The largest absolute Gasteiger partial charge is 0.357 e. The molecule has 6 nitrogen and oxygen atoms in total. The van der Waals surface area contributed by atoms with Gasteiger partial charge in [-0.1, -0.05) is 17.7 Å². The van der Waals surface area contributed by atoms with Gasteiger partial charge in [0, 0.05) is 36.1 Å². The molecular weight excluding hydrogens is 470 g/mol. The van der Waals surface area contributed by atoms with Crippen LogP contribution in [0, 0.1) is 5.82 Å². The van der Waals surface area contributed by atoms with Crippen molar-refractivity contribution in [3.05, 3.63) is 46.8 Å². The molecule has 1 aromatic heterocycles. The van der Waals surface area contributed by atoms with E-state index >= 15 is 0 Å². The van der Waals surface area contributed by atoms with Gasteiger partial charge in [-0.15, -0.1) is 24.0 Å². The van der Waals surface area contributed by atoms with E-state index in [-0.39, 0.29) is 35.8 Å². The maximum absolute atomic E-state index is 13.8. The lowest BCUT2D eigenvalue weighted by Crippen LogP contribution is -2.47. The Balaban J connectivity index is 0.00000243. The lowest BCUT2D eigenvalue weighted by Gasteiger charge is -2.25. The second kappa shape index (κ2) is 10.1. The number of hydrogen-bond donors (Lipinski definition) is 2. The highest BCUT2D eigenvalue weighted by atomic mass is 127. The molecule has 0 saturated heterocycles. The van der Waals surface area contributed by atoms with Crippen molar-refractivity contribution in [3.63, 3.8) is 0 Å². The molecule has 2 aromatic rings. The van der Waals surface area contributed by atoms with Gasteiger partial charge in [0.25, 0.3) is 0 Å². The van der Waals surface area contributed by atoms with Gasteiger partial charge in [0.2, 0.25) is 0 Å². The summed E-state index contributed by atoms with van der Waals surface area (Å²) in [5.74, 6) is 1.46. The average molecular weight is 493 g/mol. The van der Waals surface area contributed by atoms with Crippen LogP contribution in [0.15, 0.2) is 29.5 Å². The molecule has 1 aromatic carbocycles. The minimum Gasteiger partial charge on any atom is -0.357 e. The third-order valence-corrected chi connectivity index (χ3v) is 4.54. The number of aliphatic imine (C=N–C) groups is 1. The molecule has 0 spiro atoms. The van der Waals surface area contributed by atoms with Crippen LogP contribution in [0.5, 0.6) is 0 Å². The number of hydrogen-bond acceptors (Lipinski definition) is 3. The number of benzene rings is 1. The minimum absolute atomic E-state index is 0. The predicted octanol–water partition coefficient (Wildman–Crippen LogP) is 2.80. The molecule has 1 aliphatic heterocycles. The van der Waals surface area contributed by atoms with Crippen molar-refractivity contribution in [1.29, 1.82) is 0 Å². The Labute approximate surface area is 174 Å². The van der Waals surface area contributed by atoms with Gasteiger partial charge in [-0.3, -0.25) is 4.99 Å². The smallest absolute Gasteiger partial charge is 0.191 e. The van der Waals surface area contributed by atoms with Gasteiger partial charge in [0.15, 0.2) is 5.96 Å². The molecule has 0 radical (unpaired) electrons. The van der Waals surface area contributed by atoms with Crippen molar-refractivity contribution in [3.8, 4) is 0 Å². The standard InChI is InChI=1S/C17H22ClFN6.HI/c1-2-20-17(21-9-8-13-14(18)4-3-5-15(13)19)24-12-6-7-16-22-11-23-25(16)10-12;/h3-5,11-12H,2,6-10H2,1H3,(H2,20,21,24);1H. The number of aromatic nitrogens is 3. The van der Waals surface area contributed by atoms with E-state index in [1.54, 1.807) is 18.5 Å². The number of nitrogens with one attached hydrogen (secondary N) is 2. The molecule has 2 heterocycles. The van der Waals surface area contributed by atoms with Crippen molar-refractivity contribution in [1.82, 2.24) is 25.4 Å². The van der Waals surface area contributed by atoms with Crippen LogP contribution in [0.1, 0.15) is 24.7 Å². The number of rotatable bonds is 5. The molecule has 1 unspecified atom stereocenters. The quantitative estimate of drug-likeness (QED) is 0.383. The molecule has 0 bridgehead atoms. The Bertz CT molecular complexity index is 730. The zero-order valence-corrected chi connectivity index (χ0v) is 17.7. The van der Waals surface area contributed by atoms with Crippen LogP contribution in [0.3, 0.4) is 0 Å². The van der Waals surface area contributed by atoms with Crippen LogP contribution in [0.4, 0.5) is 4.39 Å². The second-order valence-electron chi connectivity index (χ2n) is 5.95. The zero-order chi connectivity index (χ0) is 17.6. The molecule has 142 valence electrons. The van der Waals surface area contributed by atoms with Gasteiger partial charge in [-0.25, -0.2) is 14.1 Å². The second-order valence-corrected chi connectivity index (χ2v) is 6.36. The topological polar surface area (TPSA) is 67.1 Å². The summed E-state index contributed by atoms with van der Waals surface area (Å²) in [4.78, 5) is 8.79. The molecule has 0 fully saturated rings. The molecular formula is C17H23ClFIN6. The van der Waals surface area contributed by atoms with Gasteiger partial charge in [-0.05, 0) is 31.9 Å². The Kier molecular flexibility index (Phi) is 8.08. The summed E-state index contributed by atoms with van der Waals surface area (Å²) in [6.07, 6.45) is 3.92. The van der Waals surface area contributed by atoms with Gasteiger partial charge in [0.1, 0.15) is 18.0 Å². The molecule has 0 aliphatic carbocycles. The molecule has 3 rings (SSSR count). The lowest BCUT2D eigenvalue weighted by molar-refractivity contribution is 0.393. The van der Waals surface area contributed by atoms with Gasteiger partial charge in [-0.2, -0.15) is 5.10 Å². The fraction of sp³-hybridized carbons (Fsp3) is 0.471. The lowest BCUT2D eigenvalue weighted by atomic mass is 10.1. The summed E-state index contributed by atoms with van der Waals surface area (Å²) in [5, 5.41) is 11.3. The molecule has 0 saturated carbocycles. The Morgan fingerprint density at radius 1 is 1.46 bits per heavy atom. The first-order chi connectivity index (χ1) is 12.2. The summed E-state index contributed by atoms with van der Waals surface area (Å²) >= 11 is 6.06. The summed E-state index contributed by atoms with van der Waals surface area (Å²) < 4.78 is 15.7. The number of guanidine groups is 1. The number of aryl methyl sites for hydroxylation is 1. The van der Waals surface area contributed by atoms with E-state index in [1.807, 2.05) is 11.6 Å². The summed E-state index contributed by atoms with van der Waals surface area (Å²) in [6.45, 7) is 3.99. The van der Waals surface area contributed by atoms with Crippen LogP contribution >= 0.6 is 35.6 Å². The fourth-order valence-corrected chi connectivity index (χ4v) is 3.18. The highest BCUT2D eigenvalue weighted by molar-refractivity contribution is 14.0. The van der Waals surface area contributed by atoms with Crippen molar-refractivity contribution in [2.45, 2.75) is 38.8 Å². The Morgan fingerprint density at radius 3 is 3.08 bits per heavy atom. The van der Waals surface area contributed by atoms with Crippen molar-refractivity contribution in [2.24, 2.45) is 4.99 Å². The maximum Gasteiger partial charge on any atom is 0.191 e. The van der Waals surface area contributed by atoms with E-state index in [4.69, 9.17) is 11.6 Å². The van der Waals surface area contributed by atoms with Gasteiger partial charge in [0.05, 0.1) is 6.54 Å². The van der Waals surface area contributed by atoms with E-state index < -0.39 is 0 Å². The zero-order valence-electron chi connectivity index (χ0n) is 14.6. The molecule has 0 amide bonds. The molecule has 1 atom stereocenters. The normalized spacial score (nSPS) is 16.6. The van der Waals surface area contributed by atoms with E-state index in [0.717, 1.165) is 37.7 Å². The first-order valence-corrected chi connectivity index (χ1v) is 8.89. The van der Waals surface area contributed by atoms with Crippen molar-refractivity contribution >= 4 is 41.5 Å². The van der Waals surface area contributed by atoms with Crippen LogP contribution in [-0.2, 0) is 19.4 Å². The SMILES string of the molecule is CCNC(=NCCc1c(F)cccc1Cl)NC1CCc2ncnn2C1.I. The third-order valence-electron chi connectivity index (χ3n) is 4.18. The third kappa shape index (κ3) is 5.29. The average Bonchev–Trinajstić information content (AvgIpc) is 3.05. The maximum atomic E-state index is 13.8. The molecule has 26 heavy (non-hydrogen) atoms. The van der Waals surface area contributed by atoms with E-state index in [2.05, 4.69) is 25.7 Å². The predicted molar refractivity (Wildman–Crippen MR) is 112 cm³/mol. The summed E-state index contributed by atoms with van der Waals surface area (Å²) in [7, 11) is 0.